The van der Waals surface area contributed by atoms with Gasteiger partial charge in [-0.15, -0.1) is 0 Å². The summed E-state index contributed by atoms with van der Waals surface area (Å²) in [5.41, 5.74) is 6.05. The Bertz CT molecular complexity index is 418. The van der Waals surface area contributed by atoms with Gasteiger partial charge in [-0.05, 0) is 24.7 Å². The van der Waals surface area contributed by atoms with Gasteiger partial charge in [0.25, 0.3) is 0 Å². The van der Waals surface area contributed by atoms with Gasteiger partial charge >= 0.3 is 0 Å². The largest absolute Gasteiger partial charge is 0.388 e. The number of rotatable bonds is 5. The zero-order chi connectivity index (χ0) is 13.7. The molecule has 0 radical (unpaired) electrons. The van der Waals surface area contributed by atoms with E-state index in [1.165, 1.54) is 32.1 Å². The molecule has 0 aliphatic heterocycles. The van der Waals surface area contributed by atoms with E-state index in [4.69, 9.17) is 18.0 Å². The summed E-state index contributed by atoms with van der Waals surface area (Å²) >= 11 is 4.84. The van der Waals surface area contributed by atoms with Crippen LogP contribution in [0.4, 0.5) is 5.82 Å². The number of hydrogen-bond donors (Lipinski definition) is 2. The van der Waals surface area contributed by atoms with Crippen molar-refractivity contribution in [2.75, 3.05) is 11.9 Å². The maximum Gasteiger partial charge on any atom is 0.144 e. The van der Waals surface area contributed by atoms with Crippen molar-refractivity contribution < 1.29 is 0 Å². The summed E-state index contributed by atoms with van der Waals surface area (Å²) in [7, 11) is 0. The van der Waals surface area contributed by atoms with E-state index in [0.29, 0.717) is 5.69 Å². The number of nitrogens with zero attached hydrogens (tertiary/aromatic N) is 2. The first-order valence-corrected chi connectivity index (χ1v) is 7.41. The lowest BCUT2D eigenvalue weighted by molar-refractivity contribution is 0.274. The summed E-state index contributed by atoms with van der Waals surface area (Å²) in [5.74, 6) is 2.55. The number of hydrogen-bond acceptors (Lipinski definition) is 4. The molecule has 1 saturated carbocycles. The van der Waals surface area contributed by atoms with Gasteiger partial charge in [-0.3, -0.25) is 0 Å². The molecular weight excluding hydrogens is 256 g/mol. The van der Waals surface area contributed by atoms with Crippen LogP contribution < -0.4 is 11.1 Å². The second-order valence-electron chi connectivity index (χ2n) is 5.50. The lowest BCUT2D eigenvalue weighted by Crippen LogP contribution is -2.17. The third kappa shape index (κ3) is 4.42. The average Bonchev–Trinajstić information content (AvgIpc) is 2.39. The Hall–Kier alpha value is -1.23. The van der Waals surface area contributed by atoms with Gasteiger partial charge in [0.2, 0.25) is 0 Å². The monoisotopic (exact) mass is 278 g/mol. The van der Waals surface area contributed by atoms with E-state index in [9.17, 15) is 0 Å². The van der Waals surface area contributed by atoms with Gasteiger partial charge in [0.05, 0.1) is 12.4 Å². The van der Waals surface area contributed by atoms with E-state index in [1.54, 1.807) is 12.4 Å². The summed E-state index contributed by atoms with van der Waals surface area (Å²) in [5, 5.41) is 3.32. The van der Waals surface area contributed by atoms with Gasteiger partial charge in [-0.1, -0.05) is 38.4 Å². The molecule has 1 aromatic heterocycles. The van der Waals surface area contributed by atoms with Crippen LogP contribution in [0.2, 0.25) is 0 Å². The van der Waals surface area contributed by atoms with E-state index in [-0.39, 0.29) is 4.99 Å². The molecule has 3 N–H and O–H groups in total. The van der Waals surface area contributed by atoms with E-state index >= 15 is 0 Å². The predicted octanol–water partition coefficient (Wildman–Crippen LogP) is 2.74. The van der Waals surface area contributed by atoms with Crippen LogP contribution in [0.15, 0.2) is 12.4 Å². The summed E-state index contributed by atoms with van der Waals surface area (Å²) < 4.78 is 0. The van der Waals surface area contributed by atoms with Crippen LogP contribution >= 0.6 is 12.2 Å². The molecule has 2 atom stereocenters. The smallest absolute Gasteiger partial charge is 0.144 e. The molecule has 2 rings (SSSR count). The fraction of sp³-hybridized carbons (Fsp3) is 0.643. The van der Waals surface area contributed by atoms with Crippen LogP contribution in [0.3, 0.4) is 0 Å². The van der Waals surface area contributed by atoms with Crippen molar-refractivity contribution in [3.05, 3.63) is 18.1 Å². The molecule has 1 fully saturated rings. The molecule has 0 spiro atoms. The van der Waals surface area contributed by atoms with Crippen LogP contribution in [-0.4, -0.2) is 21.5 Å². The minimum Gasteiger partial charge on any atom is -0.388 e. The van der Waals surface area contributed by atoms with Gasteiger partial charge < -0.3 is 11.1 Å². The number of thiocarbonyl (C=S) groups is 1. The Kier molecular flexibility index (Phi) is 5.07. The van der Waals surface area contributed by atoms with Gasteiger partial charge in [-0.2, -0.15) is 0 Å². The average molecular weight is 278 g/mol. The van der Waals surface area contributed by atoms with Crippen LogP contribution in [0, 0.1) is 11.8 Å². The van der Waals surface area contributed by atoms with Crippen molar-refractivity contribution in [1.82, 2.24) is 9.97 Å². The molecule has 2 unspecified atom stereocenters. The third-order valence-corrected chi connectivity index (χ3v) is 4.02. The molecule has 0 bridgehead atoms. The molecule has 19 heavy (non-hydrogen) atoms. The summed E-state index contributed by atoms with van der Waals surface area (Å²) in [6, 6.07) is 0. The van der Waals surface area contributed by atoms with Crippen LogP contribution in [0.1, 0.15) is 44.7 Å². The molecule has 0 saturated heterocycles. The van der Waals surface area contributed by atoms with Gasteiger partial charge in [0, 0.05) is 6.54 Å². The highest BCUT2D eigenvalue weighted by molar-refractivity contribution is 7.80. The lowest BCUT2D eigenvalue weighted by Gasteiger charge is -2.26. The molecular formula is C14H22N4S. The number of anilines is 1. The molecule has 1 heterocycles. The van der Waals surface area contributed by atoms with Crippen LogP contribution in [0.25, 0.3) is 0 Å². The van der Waals surface area contributed by atoms with Crippen LogP contribution in [0.5, 0.6) is 0 Å². The summed E-state index contributed by atoms with van der Waals surface area (Å²) in [6.07, 6.45) is 10.0. The Balaban J connectivity index is 1.74. The van der Waals surface area contributed by atoms with E-state index < -0.39 is 0 Å². The maximum absolute atomic E-state index is 5.48. The fourth-order valence-corrected chi connectivity index (χ4v) is 2.88. The first-order valence-electron chi connectivity index (χ1n) is 7.01. The van der Waals surface area contributed by atoms with E-state index in [0.717, 1.165) is 24.2 Å². The predicted molar refractivity (Wildman–Crippen MR) is 82.1 cm³/mol. The zero-order valence-corrected chi connectivity index (χ0v) is 12.2. The van der Waals surface area contributed by atoms with E-state index in [1.807, 2.05) is 0 Å². The van der Waals surface area contributed by atoms with Crippen molar-refractivity contribution in [2.24, 2.45) is 17.6 Å². The maximum atomic E-state index is 5.48. The fourth-order valence-electron chi connectivity index (χ4n) is 2.77. The minimum atomic E-state index is 0.287. The van der Waals surface area contributed by atoms with Gasteiger partial charge in [-0.25, -0.2) is 9.97 Å². The highest BCUT2D eigenvalue weighted by Gasteiger charge is 2.18. The molecule has 1 aliphatic rings. The Morgan fingerprint density at radius 1 is 1.42 bits per heavy atom. The number of nitrogens with two attached hydrogens (primary N) is 1. The molecule has 1 aromatic rings. The first-order chi connectivity index (χ1) is 9.15. The van der Waals surface area contributed by atoms with Crippen molar-refractivity contribution in [3.63, 3.8) is 0 Å². The van der Waals surface area contributed by atoms with Crippen molar-refractivity contribution in [1.29, 1.82) is 0 Å². The zero-order valence-electron chi connectivity index (χ0n) is 11.4. The Labute approximate surface area is 120 Å². The molecule has 5 heteroatoms. The lowest BCUT2D eigenvalue weighted by atomic mass is 9.81. The third-order valence-electron chi connectivity index (χ3n) is 3.81. The summed E-state index contributed by atoms with van der Waals surface area (Å²) in [6.45, 7) is 3.32. The molecule has 4 nitrogen and oxygen atoms in total. The molecule has 104 valence electrons. The SMILES string of the molecule is CC1CCCC(CCNc2cnc(C(N)=S)cn2)C1. The molecule has 0 aromatic carbocycles. The quantitative estimate of drug-likeness (QED) is 0.811. The number of aromatic nitrogens is 2. The topological polar surface area (TPSA) is 63.8 Å². The van der Waals surface area contributed by atoms with E-state index in [2.05, 4.69) is 22.2 Å². The highest BCUT2D eigenvalue weighted by atomic mass is 32.1. The second kappa shape index (κ2) is 6.80. The number of nitrogens with one attached hydrogen (secondary N) is 1. The summed E-state index contributed by atoms with van der Waals surface area (Å²) in [4.78, 5) is 8.71. The van der Waals surface area contributed by atoms with Crippen LogP contribution in [-0.2, 0) is 0 Å². The van der Waals surface area contributed by atoms with Gasteiger partial charge in [0.15, 0.2) is 0 Å². The van der Waals surface area contributed by atoms with Crippen molar-refractivity contribution in [3.8, 4) is 0 Å². The Morgan fingerprint density at radius 3 is 2.89 bits per heavy atom. The Morgan fingerprint density at radius 2 is 2.26 bits per heavy atom. The minimum absolute atomic E-state index is 0.287. The van der Waals surface area contributed by atoms with Crippen molar-refractivity contribution >= 4 is 23.0 Å². The van der Waals surface area contributed by atoms with Crippen molar-refractivity contribution in [2.45, 2.75) is 39.0 Å². The normalized spacial score (nSPS) is 23.0. The highest BCUT2D eigenvalue weighted by Crippen LogP contribution is 2.30. The molecule has 0 amide bonds. The second-order valence-corrected chi connectivity index (χ2v) is 5.94. The molecule has 1 aliphatic carbocycles. The van der Waals surface area contributed by atoms with Gasteiger partial charge in [0.1, 0.15) is 16.5 Å². The standard InChI is InChI=1S/C14H22N4S/c1-10-3-2-4-11(7-10)5-6-16-13-9-17-12(8-18-13)14(15)19/h8-11H,2-7H2,1H3,(H2,15,19)(H,16,18). The first kappa shape index (κ1) is 14.2.